The van der Waals surface area contributed by atoms with Crippen LogP contribution in [0.2, 0.25) is 0 Å². The Hall–Kier alpha value is -0.0400. The number of rotatable bonds is 5. The third-order valence-corrected chi connectivity index (χ3v) is 4.19. The molecule has 0 aromatic heterocycles. The van der Waals surface area contributed by atoms with Crippen LogP contribution in [0.25, 0.3) is 0 Å². The van der Waals surface area contributed by atoms with E-state index in [1.165, 1.54) is 51.6 Å². The fraction of sp³-hybridized carbons (Fsp3) is 1.00. The molecule has 0 aliphatic heterocycles. The van der Waals surface area contributed by atoms with E-state index in [1.807, 2.05) is 0 Å². The highest BCUT2D eigenvalue weighted by Crippen LogP contribution is 2.48. The molecule has 2 aliphatic carbocycles. The normalized spacial score (nSPS) is 32.2. The molecule has 0 heterocycles. The van der Waals surface area contributed by atoms with Gasteiger partial charge in [-0.2, -0.15) is 0 Å². The van der Waals surface area contributed by atoms with Crippen LogP contribution in [-0.4, -0.2) is 13.1 Å². The Morgan fingerprint density at radius 3 is 2.53 bits per heavy atom. The van der Waals surface area contributed by atoms with E-state index in [2.05, 4.69) is 19.2 Å². The lowest BCUT2D eigenvalue weighted by atomic mass is 9.85. The van der Waals surface area contributed by atoms with Crippen LogP contribution < -0.4 is 5.32 Å². The maximum absolute atomic E-state index is 3.62. The molecule has 0 spiro atoms. The predicted octanol–water partition coefficient (Wildman–Crippen LogP) is 3.45. The lowest BCUT2D eigenvalue weighted by Crippen LogP contribution is -2.23. The average Bonchev–Trinajstić information content (AvgIpc) is 2.98. The second kappa shape index (κ2) is 5.34. The standard InChI is InChI=1S/C14H27N/c1-11(2)9-15-10-13-8-14(13)12-6-4-3-5-7-12/h11-15H,3-10H2,1-2H3. The molecule has 1 nitrogen and oxygen atoms in total. The van der Waals surface area contributed by atoms with Crippen LogP contribution in [0.4, 0.5) is 0 Å². The molecule has 2 aliphatic rings. The first-order valence-corrected chi connectivity index (χ1v) is 6.98. The van der Waals surface area contributed by atoms with Crippen molar-refractivity contribution in [1.82, 2.24) is 5.32 Å². The molecule has 0 radical (unpaired) electrons. The zero-order valence-electron chi connectivity index (χ0n) is 10.5. The van der Waals surface area contributed by atoms with Gasteiger partial charge in [-0.25, -0.2) is 0 Å². The molecule has 2 fully saturated rings. The van der Waals surface area contributed by atoms with E-state index in [0.717, 1.165) is 23.7 Å². The maximum atomic E-state index is 3.62. The molecule has 2 atom stereocenters. The topological polar surface area (TPSA) is 12.0 Å². The molecule has 0 amide bonds. The Bertz CT molecular complexity index is 182. The molecule has 0 aromatic carbocycles. The van der Waals surface area contributed by atoms with Crippen LogP contribution in [-0.2, 0) is 0 Å². The molecule has 0 saturated heterocycles. The van der Waals surface area contributed by atoms with E-state index >= 15 is 0 Å². The predicted molar refractivity (Wildman–Crippen MR) is 65.9 cm³/mol. The molecule has 88 valence electrons. The van der Waals surface area contributed by atoms with E-state index < -0.39 is 0 Å². The quantitative estimate of drug-likeness (QED) is 0.731. The summed E-state index contributed by atoms with van der Waals surface area (Å²) in [5, 5.41) is 3.62. The van der Waals surface area contributed by atoms with Crippen molar-refractivity contribution in [3.8, 4) is 0 Å². The van der Waals surface area contributed by atoms with Gasteiger partial charge in [0.2, 0.25) is 0 Å². The minimum Gasteiger partial charge on any atom is -0.316 e. The lowest BCUT2D eigenvalue weighted by molar-refractivity contribution is 0.307. The molecular formula is C14H27N. The van der Waals surface area contributed by atoms with Crippen LogP contribution in [0.1, 0.15) is 52.4 Å². The number of hydrogen-bond donors (Lipinski definition) is 1. The largest absolute Gasteiger partial charge is 0.316 e. The van der Waals surface area contributed by atoms with Gasteiger partial charge in [0, 0.05) is 0 Å². The summed E-state index contributed by atoms with van der Waals surface area (Å²) in [6.45, 7) is 7.07. The van der Waals surface area contributed by atoms with Gasteiger partial charge in [0.05, 0.1) is 0 Å². The summed E-state index contributed by atoms with van der Waals surface area (Å²) in [4.78, 5) is 0. The zero-order valence-corrected chi connectivity index (χ0v) is 10.5. The van der Waals surface area contributed by atoms with Crippen molar-refractivity contribution >= 4 is 0 Å². The summed E-state index contributed by atoms with van der Waals surface area (Å²) in [5.41, 5.74) is 0. The third-order valence-electron chi connectivity index (χ3n) is 4.19. The molecule has 2 rings (SSSR count). The van der Waals surface area contributed by atoms with Crippen molar-refractivity contribution in [2.75, 3.05) is 13.1 Å². The summed E-state index contributed by atoms with van der Waals surface area (Å²) in [6, 6.07) is 0. The molecule has 0 bridgehead atoms. The van der Waals surface area contributed by atoms with Crippen molar-refractivity contribution in [3.63, 3.8) is 0 Å². The first-order chi connectivity index (χ1) is 7.27. The van der Waals surface area contributed by atoms with Crippen molar-refractivity contribution in [1.29, 1.82) is 0 Å². The molecule has 2 saturated carbocycles. The van der Waals surface area contributed by atoms with Gasteiger partial charge in [0.15, 0.2) is 0 Å². The summed E-state index contributed by atoms with van der Waals surface area (Å²) in [6.07, 6.45) is 9.10. The molecule has 1 N–H and O–H groups in total. The van der Waals surface area contributed by atoms with Crippen molar-refractivity contribution in [2.24, 2.45) is 23.7 Å². The summed E-state index contributed by atoms with van der Waals surface area (Å²) in [7, 11) is 0. The van der Waals surface area contributed by atoms with Gasteiger partial charge in [-0.15, -0.1) is 0 Å². The average molecular weight is 209 g/mol. The second-order valence-corrected chi connectivity index (χ2v) is 6.11. The van der Waals surface area contributed by atoms with E-state index in [4.69, 9.17) is 0 Å². The van der Waals surface area contributed by atoms with Gasteiger partial charge in [0.1, 0.15) is 0 Å². The highest BCUT2D eigenvalue weighted by atomic mass is 14.9. The van der Waals surface area contributed by atoms with E-state index in [-0.39, 0.29) is 0 Å². The second-order valence-electron chi connectivity index (χ2n) is 6.11. The van der Waals surface area contributed by atoms with Gasteiger partial charge < -0.3 is 5.32 Å². The zero-order chi connectivity index (χ0) is 10.7. The van der Waals surface area contributed by atoms with Gasteiger partial charge in [-0.05, 0) is 43.2 Å². The van der Waals surface area contributed by atoms with Crippen molar-refractivity contribution in [3.05, 3.63) is 0 Å². The highest BCUT2D eigenvalue weighted by molar-refractivity contribution is 4.93. The first-order valence-electron chi connectivity index (χ1n) is 6.98. The number of nitrogens with one attached hydrogen (secondary N) is 1. The van der Waals surface area contributed by atoms with E-state index in [9.17, 15) is 0 Å². The Balaban J connectivity index is 1.58. The minimum absolute atomic E-state index is 0.803. The summed E-state index contributed by atoms with van der Waals surface area (Å²) < 4.78 is 0. The summed E-state index contributed by atoms with van der Waals surface area (Å²) in [5.74, 6) is 4.04. The van der Waals surface area contributed by atoms with Crippen LogP contribution >= 0.6 is 0 Å². The molecule has 15 heavy (non-hydrogen) atoms. The maximum Gasteiger partial charge on any atom is -0.00175 e. The van der Waals surface area contributed by atoms with Crippen molar-refractivity contribution < 1.29 is 0 Å². The van der Waals surface area contributed by atoms with Crippen LogP contribution in [0.3, 0.4) is 0 Å². The minimum atomic E-state index is 0.803. The van der Waals surface area contributed by atoms with Crippen LogP contribution in [0, 0.1) is 23.7 Å². The fourth-order valence-corrected chi connectivity index (χ4v) is 3.20. The molecule has 1 heteroatoms. The SMILES string of the molecule is CC(C)CNCC1CC1C1CCCCC1. The summed E-state index contributed by atoms with van der Waals surface area (Å²) >= 11 is 0. The van der Waals surface area contributed by atoms with E-state index in [1.54, 1.807) is 0 Å². The smallest absolute Gasteiger partial charge is 0.00175 e. The van der Waals surface area contributed by atoms with Gasteiger partial charge in [0.25, 0.3) is 0 Å². The van der Waals surface area contributed by atoms with Crippen molar-refractivity contribution in [2.45, 2.75) is 52.4 Å². The van der Waals surface area contributed by atoms with Crippen LogP contribution in [0.5, 0.6) is 0 Å². The van der Waals surface area contributed by atoms with Gasteiger partial charge >= 0.3 is 0 Å². The number of hydrogen-bond acceptors (Lipinski definition) is 1. The first kappa shape index (κ1) is 11.4. The van der Waals surface area contributed by atoms with Gasteiger partial charge in [-0.3, -0.25) is 0 Å². The lowest BCUT2D eigenvalue weighted by Gasteiger charge is -2.21. The fourth-order valence-electron chi connectivity index (χ4n) is 3.20. The molecule has 0 aromatic rings. The highest BCUT2D eigenvalue weighted by Gasteiger charge is 2.42. The third kappa shape index (κ3) is 3.48. The van der Waals surface area contributed by atoms with Gasteiger partial charge in [-0.1, -0.05) is 46.0 Å². The van der Waals surface area contributed by atoms with E-state index in [0.29, 0.717) is 0 Å². The Morgan fingerprint density at radius 2 is 1.87 bits per heavy atom. The van der Waals surface area contributed by atoms with Crippen LogP contribution in [0.15, 0.2) is 0 Å². The Morgan fingerprint density at radius 1 is 1.13 bits per heavy atom. The molecular weight excluding hydrogens is 182 g/mol. The monoisotopic (exact) mass is 209 g/mol. The Labute approximate surface area is 95.0 Å². The molecule has 2 unspecified atom stereocenters. The Kier molecular flexibility index (Phi) is 4.07.